The van der Waals surface area contributed by atoms with Crippen LogP contribution in [-0.4, -0.2) is 66.3 Å². The molecule has 126 valence electrons. The molecule has 0 saturated carbocycles. The van der Waals surface area contributed by atoms with Crippen LogP contribution in [0.4, 0.5) is 11.6 Å². The van der Waals surface area contributed by atoms with Crippen molar-refractivity contribution in [2.45, 2.75) is 25.9 Å². The van der Waals surface area contributed by atoms with Crippen molar-refractivity contribution < 1.29 is 14.1 Å². The molecule has 1 N–H and O–H groups in total. The van der Waals surface area contributed by atoms with E-state index in [1.165, 1.54) is 0 Å². The van der Waals surface area contributed by atoms with E-state index in [9.17, 15) is 0 Å². The lowest BCUT2D eigenvalue weighted by atomic mass is 10.2. The van der Waals surface area contributed by atoms with Crippen LogP contribution in [-0.2, 0) is 9.47 Å². The number of methoxy groups -OCH3 is 1. The zero-order chi connectivity index (χ0) is 16.1. The van der Waals surface area contributed by atoms with Gasteiger partial charge in [-0.3, -0.25) is 0 Å². The van der Waals surface area contributed by atoms with Gasteiger partial charge in [-0.1, -0.05) is 0 Å². The number of hydrogen-bond donors (Lipinski definition) is 1. The van der Waals surface area contributed by atoms with Gasteiger partial charge >= 0.3 is 0 Å². The molecule has 9 heteroatoms. The summed E-state index contributed by atoms with van der Waals surface area (Å²) in [5, 5.41) is 10.8. The van der Waals surface area contributed by atoms with E-state index in [-0.39, 0.29) is 6.10 Å². The van der Waals surface area contributed by atoms with Crippen molar-refractivity contribution in [3.05, 3.63) is 0 Å². The van der Waals surface area contributed by atoms with Gasteiger partial charge in [-0.2, -0.15) is 0 Å². The summed E-state index contributed by atoms with van der Waals surface area (Å²) in [6.07, 6.45) is 2.41. The van der Waals surface area contributed by atoms with Gasteiger partial charge in [0, 0.05) is 33.4 Å². The van der Waals surface area contributed by atoms with Crippen molar-refractivity contribution in [1.82, 2.24) is 20.3 Å². The number of aromatic nitrogens is 4. The van der Waals surface area contributed by atoms with Crippen molar-refractivity contribution in [2.75, 3.05) is 50.2 Å². The van der Waals surface area contributed by atoms with E-state index in [0.717, 1.165) is 38.4 Å². The van der Waals surface area contributed by atoms with Crippen LogP contribution in [0.5, 0.6) is 0 Å². The maximum atomic E-state index is 5.74. The third-order valence-electron chi connectivity index (χ3n) is 3.82. The molecular formula is C14H22N6O3. The van der Waals surface area contributed by atoms with Crippen molar-refractivity contribution in [3.8, 4) is 0 Å². The minimum atomic E-state index is 0.231. The molecule has 1 aliphatic rings. The summed E-state index contributed by atoms with van der Waals surface area (Å²) >= 11 is 0. The number of anilines is 2. The zero-order valence-corrected chi connectivity index (χ0v) is 13.5. The molecule has 1 unspecified atom stereocenters. The van der Waals surface area contributed by atoms with Gasteiger partial charge in [0.05, 0.1) is 12.7 Å². The molecule has 3 heterocycles. The Kier molecular flexibility index (Phi) is 5.19. The van der Waals surface area contributed by atoms with Gasteiger partial charge in [0.2, 0.25) is 11.3 Å². The smallest absolute Gasteiger partial charge is 0.245 e. The van der Waals surface area contributed by atoms with Gasteiger partial charge in [0.1, 0.15) is 0 Å². The van der Waals surface area contributed by atoms with Crippen LogP contribution >= 0.6 is 0 Å². The Hall–Kier alpha value is -2.00. The molecule has 9 nitrogen and oxygen atoms in total. The van der Waals surface area contributed by atoms with Gasteiger partial charge in [-0.05, 0) is 30.1 Å². The van der Waals surface area contributed by atoms with Crippen LogP contribution in [0.2, 0.25) is 0 Å². The Morgan fingerprint density at radius 3 is 2.83 bits per heavy atom. The summed E-state index contributed by atoms with van der Waals surface area (Å²) in [7, 11) is 1.66. The second-order valence-electron chi connectivity index (χ2n) is 5.40. The van der Waals surface area contributed by atoms with E-state index in [2.05, 4.69) is 37.4 Å². The molecule has 0 aromatic carbocycles. The van der Waals surface area contributed by atoms with Gasteiger partial charge in [0.25, 0.3) is 0 Å². The molecule has 23 heavy (non-hydrogen) atoms. The molecule has 0 aliphatic carbocycles. The van der Waals surface area contributed by atoms with Crippen LogP contribution < -0.4 is 10.2 Å². The molecule has 2 aromatic heterocycles. The molecule has 1 saturated heterocycles. The highest BCUT2D eigenvalue weighted by Gasteiger charge is 2.23. The molecule has 1 fully saturated rings. The van der Waals surface area contributed by atoms with Crippen LogP contribution in [0.1, 0.15) is 19.8 Å². The predicted molar refractivity (Wildman–Crippen MR) is 84.6 cm³/mol. The van der Waals surface area contributed by atoms with Crippen molar-refractivity contribution >= 4 is 22.9 Å². The van der Waals surface area contributed by atoms with Crippen molar-refractivity contribution in [2.24, 2.45) is 0 Å². The molecule has 2 aromatic rings. The van der Waals surface area contributed by atoms with Gasteiger partial charge in [-0.25, -0.2) is 14.6 Å². The minimum absolute atomic E-state index is 0.231. The van der Waals surface area contributed by atoms with E-state index in [4.69, 9.17) is 14.1 Å². The second kappa shape index (κ2) is 7.51. The predicted octanol–water partition coefficient (Wildman–Crippen LogP) is 1.08. The van der Waals surface area contributed by atoms with Gasteiger partial charge in [-0.15, -0.1) is 0 Å². The first-order chi connectivity index (χ1) is 11.3. The number of nitrogens with one attached hydrogen (secondary N) is 1. The number of nitrogens with zero attached hydrogens (tertiary/aromatic N) is 5. The molecule has 1 atom stereocenters. The van der Waals surface area contributed by atoms with Crippen LogP contribution in [0.25, 0.3) is 11.3 Å². The fraction of sp³-hybridized carbons (Fsp3) is 0.714. The highest BCUT2D eigenvalue weighted by atomic mass is 16.6. The number of hydrogen-bond acceptors (Lipinski definition) is 9. The third kappa shape index (κ3) is 3.67. The molecule has 3 rings (SSSR count). The molecule has 0 spiro atoms. The Labute approximate surface area is 134 Å². The van der Waals surface area contributed by atoms with Crippen molar-refractivity contribution in [1.29, 1.82) is 0 Å². The summed E-state index contributed by atoms with van der Waals surface area (Å²) in [4.78, 5) is 11.2. The fourth-order valence-corrected chi connectivity index (χ4v) is 2.64. The monoisotopic (exact) mass is 322 g/mol. The minimum Gasteiger partial charge on any atom is -0.383 e. The standard InChI is InChI=1S/C14H22N6O3/c1-3-20(9-10-5-4-7-22-10)14-13(15-6-8-21-2)16-11-12(17-14)19-23-18-11/h10H,3-9H2,1-2H3,(H,15,16,18). The molecule has 0 amide bonds. The summed E-state index contributed by atoms with van der Waals surface area (Å²) in [5.41, 5.74) is 0.796. The zero-order valence-electron chi connectivity index (χ0n) is 13.5. The lowest BCUT2D eigenvalue weighted by Crippen LogP contribution is -2.33. The average Bonchev–Trinajstić information content (AvgIpc) is 3.23. The summed E-state index contributed by atoms with van der Waals surface area (Å²) < 4.78 is 15.5. The molecule has 0 bridgehead atoms. The topological polar surface area (TPSA) is 98.4 Å². The van der Waals surface area contributed by atoms with Gasteiger partial charge in [0.15, 0.2) is 11.6 Å². The van der Waals surface area contributed by atoms with E-state index in [1.807, 2.05) is 0 Å². The maximum absolute atomic E-state index is 5.74. The highest BCUT2D eigenvalue weighted by molar-refractivity contribution is 5.74. The van der Waals surface area contributed by atoms with E-state index >= 15 is 0 Å². The normalized spacial score (nSPS) is 17.7. The molecule has 1 aliphatic heterocycles. The van der Waals surface area contributed by atoms with Gasteiger partial charge < -0.3 is 19.7 Å². The fourth-order valence-electron chi connectivity index (χ4n) is 2.64. The lowest BCUT2D eigenvalue weighted by molar-refractivity contribution is 0.115. The van der Waals surface area contributed by atoms with Crippen LogP contribution in [0.15, 0.2) is 4.63 Å². The third-order valence-corrected chi connectivity index (χ3v) is 3.82. The highest BCUT2D eigenvalue weighted by Crippen LogP contribution is 2.25. The number of rotatable bonds is 8. The molecule has 0 radical (unpaired) electrons. The summed E-state index contributed by atoms with van der Waals surface area (Å²) in [5.74, 6) is 1.40. The largest absolute Gasteiger partial charge is 0.383 e. The number of fused-ring (bicyclic) bond motifs is 1. The SMILES string of the molecule is CCN(CC1CCCO1)c1nc2nonc2nc1NCCOC. The Balaban J connectivity index is 1.86. The second-order valence-corrected chi connectivity index (χ2v) is 5.40. The first-order valence-electron chi connectivity index (χ1n) is 7.91. The Bertz CT molecular complexity index is 628. The van der Waals surface area contributed by atoms with Crippen molar-refractivity contribution in [3.63, 3.8) is 0 Å². The summed E-state index contributed by atoms with van der Waals surface area (Å²) in [6.45, 7) is 5.70. The molecular weight excluding hydrogens is 300 g/mol. The maximum Gasteiger partial charge on any atom is 0.245 e. The summed E-state index contributed by atoms with van der Waals surface area (Å²) in [6, 6.07) is 0. The first-order valence-corrected chi connectivity index (χ1v) is 7.91. The number of ether oxygens (including phenoxy) is 2. The average molecular weight is 322 g/mol. The van der Waals surface area contributed by atoms with E-state index in [0.29, 0.717) is 30.3 Å². The Morgan fingerprint density at radius 1 is 1.30 bits per heavy atom. The van der Waals surface area contributed by atoms with Crippen LogP contribution in [0.3, 0.4) is 0 Å². The number of likely N-dealkylation sites (N-methyl/N-ethyl adjacent to an activating group) is 1. The van der Waals surface area contributed by atoms with Crippen LogP contribution in [0, 0.1) is 0 Å². The quantitative estimate of drug-likeness (QED) is 0.715. The Morgan fingerprint density at radius 2 is 2.13 bits per heavy atom. The van der Waals surface area contributed by atoms with E-state index in [1.54, 1.807) is 7.11 Å². The lowest BCUT2D eigenvalue weighted by Gasteiger charge is -2.26. The van der Waals surface area contributed by atoms with E-state index < -0.39 is 0 Å². The first kappa shape index (κ1) is 15.9.